The van der Waals surface area contributed by atoms with Crippen LogP contribution in [0.25, 0.3) is 0 Å². The minimum atomic E-state index is 0.275. The lowest BCUT2D eigenvalue weighted by Gasteiger charge is -2.19. The van der Waals surface area contributed by atoms with E-state index in [1.54, 1.807) is 14.2 Å². The number of hydrogen-bond donors (Lipinski definition) is 1. The molecule has 1 aliphatic rings. The number of hydrogen-bond acceptors (Lipinski definition) is 4. The van der Waals surface area contributed by atoms with Gasteiger partial charge in [-0.3, -0.25) is 0 Å². The maximum atomic E-state index is 5.90. The van der Waals surface area contributed by atoms with Crippen LogP contribution in [0.1, 0.15) is 6.42 Å². The maximum absolute atomic E-state index is 5.90. The fourth-order valence-electron chi connectivity index (χ4n) is 2.00. The molecule has 1 saturated heterocycles. The van der Waals surface area contributed by atoms with Crippen LogP contribution in [0.3, 0.4) is 0 Å². The fraction of sp³-hybridized carbons (Fsp3) is 0.500. The molecule has 4 heteroatoms. The summed E-state index contributed by atoms with van der Waals surface area (Å²) in [6, 6.07) is 6.18. The van der Waals surface area contributed by atoms with E-state index in [2.05, 4.69) is 4.90 Å². The Morgan fingerprint density at radius 1 is 1.19 bits per heavy atom. The van der Waals surface area contributed by atoms with Gasteiger partial charge in [0.2, 0.25) is 0 Å². The first-order valence-electron chi connectivity index (χ1n) is 5.46. The molecule has 0 spiro atoms. The van der Waals surface area contributed by atoms with E-state index in [0.717, 1.165) is 36.7 Å². The van der Waals surface area contributed by atoms with Crippen molar-refractivity contribution in [3.8, 4) is 11.5 Å². The van der Waals surface area contributed by atoms with Gasteiger partial charge in [0.25, 0.3) is 0 Å². The Balaban J connectivity index is 2.25. The quantitative estimate of drug-likeness (QED) is 0.836. The highest BCUT2D eigenvalue weighted by Gasteiger charge is 2.20. The van der Waals surface area contributed by atoms with Crippen LogP contribution in [0, 0.1) is 0 Å². The van der Waals surface area contributed by atoms with Crippen molar-refractivity contribution in [1.29, 1.82) is 0 Å². The summed E-state index contributed by atoms with van der Waals surface area (Å²) >= 11 is 0. The minimum absolute atomic E-state index is 0.275. The molecule has 1 aromatic carbocycles. The van der Waals surface area contributed by atoms with Crippen LogP contribution in [0.15, 0.2) is 18.2 Å². The summed E-state index contributed by atoms with van der Waals surface area (Å²) in [5.74, 6) is 1.63. The van der Waals surface area contributed by atoms with Crippen molar-refractivity contribution < 1.29 is 9.47 Å². The number of benzene rings is 1. The Hall–Kier alpha value is -1.42. The second kappa shape index (κ2) is 4.61. The van der Waals surface area contributed by atoms with Gasteiger partial charge in [-0.1, -0.05) is 0 Å². The standard InChI is InChI=1S/C12H18N2O2/c1-15-11-5-10(6-12(7-11)16-2)14-4-3-9(13)8-14/h5-7,9H,3-4,8,13H2,1-2H3/t9-/m0/s1. The van der Waals surface area contributed by atoms with Crippen molar-refractivity contribution in [3.05, 3.63) is 18.2 Å². The molecule has 0 bridgehead atoms. The van der Waals surface area contributed by atoms with Gasteiger partial charge in [0.15, 0.2) is 0 Å². The van der Waals surface area contributed by atoms with Crippen LogP contribution in [-0.4, -0.2) is 33.4 Å². The highest BCUT2D eigenvalue weighted by molar-refractivity contribution is 5.56. The maximum Gasteiger partial charge on any atom is 0.124 e. The number of ether oxygens (including phenoxy) is 2. The van der Waals surface area contributed by atoms with Crippen molar-refractivity contribution in [1.82, 2.24) is 0 Å². The second-order valence-corrected chi connectivity index (χ2v) is 4.07. The van der Waals surface area contributed by atoms with Crippen LogP contribution in [0.2, 0.25) is 0 Å². The normalized spacial score (nSPS) is 19.9. The molecule has 1 heterocycles. The molecule has 1 atom stereocenters. The predicted octanol–water partition coefficient (Wildman–Crippen LogP) is 1.24. The Labute approximate surface area is 95.9 Å². The van der Waals surface area contributed by atoms with Gasteiger partial charge in [0.1, 0.15) is 11.5 Å². The zero-order valence-electron chi connectivity index (χ0n) is 9.77. The molecule has 0 aromatic heterocycles. The molecule has 4 nitrogen and oxygen atoms in total. The summed E-state index contributed by atoms with van der Waals surface area (Å²) in [5.41, 5.74) is 7.01. The predicted molar refractivity (Wildman–Crippen MR) is 64.4 cm³/mol. The molecule has 1 aliphatic heterocycles. The summed E-state index contributed by atoms with van der Waals surface area (Å²) in [4.78, 5) is 2.26. The van der Waals surface area contributed by atoms with Gasteiger partial charge < -0.3 is 20.1 Å². The van der Waals surface area contributed by atoms with Gasteiger partial charge in [-0.2, -0.15) is 0 Å². The van der Waals surface area contributed by atoms with Gasteiger partial charge >= 0.3 is 0 Å². The average molecular weight is 222 g/mol. The van der Waals surface area contributed by atoms with E-state index >= 15 is 0 Å². The topological polar surface area (TPSA) is 47.7 Å². The zero-order valence-corrected chi connectivity index (χ0v) is 9.77. The smallest absolute Gasteiger partial charge is 0.124 e. The molecule has 1 aromatic rings. The summed E-state index contributed by atoms with van der Waals surface area (Å²) in [5, 5.41) is 0. The van der Waals surface area contributed by atoms with Gasteiger partial charge in [-0.25, -0.2) is 0 Å². The summed E-state index contributed by atoms with van der Waals surface area (Å²) in [6.45, 7) is 1.90. The SMILES string of the molecule is COc1cc(OC)cc(N2CC[C@H](N)C2)c1. The highest BCUT2D eigenvalue weighted by Crippen LogP contribution is 2.30. The molecule has 0 aliphatic carbocycles. The molecule has 88 valence electrons. The number of methoxy groups -OCH3 is 2. The Morgan fingerprint density at radius 3 is 2.25 bits per heavy atom. The van der Waals surface area contributed by atoms with Crippen LogP contribution in [0.4, 0.5) is 5.69 Å². The first-order chi connectivity index (χ1) is 7.72. The van der Waals surface area contributed by atoms with E-state index in [9.17, 15) is 0 Å². The number of anilines is 1. The Bertz CT molecular complexity index is 346. The molecule has 0 saturated carbocycles. The van der Waals surface area contributed by atoms with Crippen LogP contribution < -0.4 is 20.1 Å². The monoisotopic (exact) mass is 222 g/mol. The molecular formula is C12H18N2O2. The molecular weight excluding hydrogens is 204 g/mol. The first-order valence-corrected chi connectivity index (χ1v) is 5.46. The summed E-state index contributed by atoms with van der Waals surface area (Å²) < 4.78 is 10.5. The van der Waals surface area contributed by atoms with E-state index in [-0.39, 0.29) is 6.04 Å². The molecule has 16 heavy (non-hydrogen) atoms. The van der Waals surface area contributed by atoms with Crippen molar-refractivity contribution in [2.75, 3.05) is 32.2 Å². The third kappa shape index (κ3) is 2.22. The number of nitrogens with zero attached hydrogens (tertiary/aromatic N) is 1. The van der Waals surface area contributed by atoms with E-state index in [1.165, 1.54) is 0 Å². The third-order valence-corrected chi connectivity index (χ3v) is 2.93. The van der Waals surface area contributed by atoms with E-state index in [1.807, 2.05) is 18.2 Å². The van der Waals surface area contributed by atoms with E-state index < -0.39 is 0 Å². The van der Waals surface area contributed by atoms with Crippen LogP contribution >= 0.6 is 0 Å². The fourth-order valence-corrected chi connectivity index (χ4v) is 2.00. The molecule has 0 radical (unpaired) electrons. The lowest BCUT2D eigenvalue weighted by molar-refractivity contribution is 0.394. The molecule has 0 amide bonds. The van der Waals surface area contributed by atoms with Crippen LogP contribution in [0.5, 0.6) is 11.5 Å². The lowest BCUT2D eigenvalue weighted by atomic mass is 10.2. The van der Waals surface area contributed by atoms with Gasteiger partial charge in [0, 0.05) is 43.0 Å². The minimum Gasteiger partial charge on any atom is -0.497 e. The highest BCUT2D eigenvalue weighted by atomic mass is 16.5. The number of rotatable bonds is 3. The number of nitrogens with two attached hydrogens (primary N) is 1. The van der Waals surface area contributed by atoms with Gasteiger partial charge in [0.05, 0.1) is 14.2 Å². The van der Waals surface area contributed by atoms with Crippen molar-refractivity contribution in [2.24, 2.45) is 5.73 Å². The van der Waals surface area contributed by atoms with Crippen LogP contribution in [-0.2, 0) is 0 Å². The van der Waals surface area contributed by atoms with E-state index in [0.29, 0.717) is 0 Å². The molecule has 2 rings (SSSR count). The van der Waals surface area contributed by atoms with E-state index in [4.69, 9.17) is 15.2 Å². The summed E-state index contributed by atoms with van der Waals surface area (Å²) in [7, 11) is 3.32. The lowest BCUT2D eigenvalue weighted by Crippen LogP contribution is -2.26. The van der Waals surface area contributed by atoms with Gasteiger partial charge in [-0.15, -0.1) is 0 Å². The Kier molecular flexibility index (Phi) is 3.19. The van der Waals surface area contributed by atoms with Crippen molar-refractivity contribution >= 4 is 5.69 Å². The molecule has 2 N–H and O–H groups in total. The third-order valence-electron chi connectivity index (χ3n) is 2.93. The Morgan fingerprint density at radius 2 is 1.81 bits per heavy atom. The van der Waals surface area contributed by atoms with Gasteiger partial charge in [-0.05, 0) is 6.42 Å². The average Bonchev–Trinajstić information content (AvgIpc) is 2.75. The largest absolute Gasteiger partial charge is 0.497 e. The molecule has 1 fully saturated rings. The van der Waals surface area contributed by atoms with Crippen molar-refractivity contribution in [2.45, 2.75) is 12.5 Å². The first kappa shape index (κ1) is 11.1. The molecule has 0 unspecified atom stereocenters. The zero-order chi connectivity index (χ0) is 11.5. The van der Waals surface area contributed by atoms with Crippen molar-refractivity contribution in [3.63, 3.8) is 0 Å². The second-order valence-electron chi connectivity index (χ2n) is 4.07. The summed E-state index contributed by atoms with van der Waals surface area (Å²) in [6.07, 6.45) is 1.04.